The van der Waals surface area contributed by atoms with Crippen LogP contribution in [-0.4, -0.2) is 14.5 Å². The van der Waals surface area contributed by atoms with E-state index >= 15 is 0 Å². The molecule has 6 rings (SSSR count). The van der Waals surface area contributed by atoms with Crippen molar-refractivity contribution in [3.8, 4) is 5.82 Å². The Kier molecular flexibility index (Phi) is 2.96. The second-order valence-corrected chi connectivity index (χ2v) is 7.77. The van der Waals surface area contributed by atoms with Gasteiger partial charge >= 0.3 is 0 Å². The fraction of sp³-hybridized carbons (Fsp3) is 0.0435. The lowest BCUT2D eigenvalue weighted by Crippen LogP contribution is -2.01. The Morgan fingerprint density at radius 3 is 2.00 bits per heavy atom. The molecule has 4 heteroatoms. The molecule has 0 saturated carbocycles. The largest absolute Gasteiger partial charge is 0.293 e. The Bertz CT molecular complexity index is 1440. The van der Waals surface area contributed by atoms with Crippen LogP contribution in [0.4, 0.5) is 0 Å². The van der Waals surface area contributed by atoms with E-state index in [-0.39, 0.29) is 0 Å². The van der Waals surface area contributed by atoms with E-state index in [1.54, 1.807) is 11.3 Å². The van der Waals surface area contributed by atoms with Crippen molar-refractivity contribution in [1.29, 1.82) is 0 Å². The number of aromatic nitrogens is 3. The first-order valence-electron chi connectivity index (χ1n) is 8.96. The maximum absolute atomic E-state index is 4.92. The van der Waals surface area contributed by atoms with Gasteiger partial charge in [-0.05, 0) is 25.1 Å². The zero-order chi connectivity index (χ0) is 18.0. The zero-order valence-corrected chi connectivity index (χ0v) is 15.5. The molecule has 0 saturated heterocycles. The van der Waals surface area contributed by atoms with Gasteiger partial charge in [-0.3, -0.25) is 4.57 Å². The molecule has 0 aliphatic carbocycles. The number of rotatable bonds is 1. The average Bonchev–Trinajstić information content (AvgIpc) is 3.23. The number of fused-ring (bicyclic) bond motifs is 6. The molecule has 0 aliphatic heterocycles. The Morgan fingerprint density at radius 1 is 0.704 bits per heavy atom. The van der Waals surface area contributed by atoms with Crippen molar-refractivity contribution < 1.29 is 0 Å². The molecule has 0 atom stereocenters. The summed E-state index contributed by atoms with van der Waals surface area (Å²) in [6, 6.07) is 25.6. The van der Waals surface area contributed by atoms with Gasteiger partial charge in [0.1, 0.15) is 10.7 Å². The first kappa shape index (κ1) is 14.9. The average molecular weight is 365 g/mol. The molecule has 0 unspecified atom stereocenters. The highest BCUT2D eigenvalue weighted by Crippen LogP contribution is 2.39. The summed E-state index contributed by atoms with van der Waals surface area (Å²) in [5.74, 6) is 1.76. The van der Waals surface area contributed by atoms with E-state index in [0.29, 0.717) is 0 Å². The number of nitrogens with zero attached hydrogens (tertiary/aromatic N) is 3. The molecule has 3 aromatic heterocycles. The predicted molar refractivity (Wildman–Crippen MR) is 114 cm³/mol. The standard InChI is InChI=1S/C23H15N3S/c1-14-24-22(21-17-10-4-7-13-20(17)27-23(21)25-14)26-18-11-5-2-8-15(18)16-9-3-6-12-19(16)26/h2-13H,1H3. The quantitative estimate of drug-likeness (QED) is 0.345. The summed E-state index contributed by atoms with van der Waals surface area (Å²) in [6.07, 6.45) is 0. The fourth-order valence-electron chi connectivity index (χ4n) is 4.02. The van der Waals surface area contributed by atoms with E-state index in [2.05, 4.69) is 77.4 Å². The van der Waals surface area contributed by atoms with Crippen LogP contribution in [0.15, 0.2) is 72.8 Å². The Morgan fingerprint density at radius 2 is 1.30 bits per heavy atom. The third-order valence-electron chi connectivity index (χ3n) is 5.12. The molecule has 0 radical (unpaired) electrons. The summed E-state index contributed by atoms with van der Waals surface area (Å²) < 4.78 is 3.54. The van der Waals surface area contributed by atoms with Crippen LogP contribution in [0.1, 0.15) is 5.82 Å². The molecular weight excluding hydrogens is 350 g/mol. The number of aryl methyl sites for hydroxylation is 1. The number of hydrogen-bond acceptors (Lipinski definition) is 3. The molecule has 27 heavy (non-hydrogen) atoms. The SMILES string of the molecule is Cc1nc(-n2c3ccccc3c3ccccc32)c2c(n1)sc1ccccc12. The highest BCUT2D eigenvalue weighted by molar-refractivity contribution is 7.25. The van der Waals surface area contributed by atoms with E-state index in [1.165, 1.54) is 31.9 Å². The van der Waals surface area contributed by atoms with Gasteiger partial charge in [-0.2, -0.15) is 0 Å². The highest BCUT2D eigenvalue weighted by atomic mass is 32.1. The second kappa shape index (κ2) is 5.38. The molecule has 3 aromatic carbocycles. The molecule has 0 spiro atoms. The van der Waals surface area contributed by atoms with Crippen LogP contribution in [0.3, 0.4) is 0 Å². The third-order valence-corrected chi connectivity index (χ3v) is 6.19. The lowest BCUT2D eigenvalue weighted by atomic mass is 10.2. The van der Waals surface area contributed by atoms with Gasteiger partial charge in [0.2, 0.25) is 0 Å². The Labute approximate surface area is 159 Å². The molecule has 0 bridgehead atoms. The van der Waals surface area contributed by atoms with E-state index in [1.807, 2.05) is 6.92 Å². The van der Waals surface area contributed by atoms with Crippen LogP contribution < -0.4 is 0 Å². The lowest BCUT2D eigenvalue weighted by molar-refractivity contribution is 1.02. The van der Waals surface area contributed by atoms with Gasteiger partial charge in [-0.1, -0.05) is 54.6 Å². The van der Waals surface area contributed by atoms with Crippen molar-refractivity contribution in [3.05, 3.63) is 78.6 Å². The summed E-state index contributed by atoms with van der Waals surface area (Å²) >= 11 is 1.73. The van der Waals surface area contributed by atoms with Gasteiger partial charge < -0.3 is 0 Å². The minimum Gasteiger partial charge on any atom is -0.293 e. The summed E-state index contributed by atoms with van der Waals surface area (Å²) in [4.78, 5) is 10.7. The monoisotopic (exact) mass is 365 g/mol. The normalized spacial score (nSPS) is 11.9. The fourth-order valence-corrected chi connectivity index (χ4v) is 5.14. The number of hydrogen-bond donors (Lipinski definition) is 0. The maximum Gasteiger partial charge on any atom is 0.150 e. The first-order chi connectivity index (χ1) is 13.3. The number of benzene rings is 3. The number of thiophene rings is 1. The van der Waals surface area contributed by atoms with Crippen molar-refractivity contribution in [2.24, 2.45) is 0 Å². The second-order valence-electron chi connectivity index (χ2n) is 6.74. The van der Waals surface area contributed by atoms with Crippen molar-refractivity contribution in [2.75, 3.05) is 0 Å². The van der Waals surface area contributed by atoms with Crippen molar-refractivity contribution in [1.82, 2.24) is 14.5 Å². The van der Waals surface area contributed by atoms with Crippen molar-refractivity contribution >= 4 is 53.4 Å². The molecule has 3 nitrogen and oxygen atoms in total. The van der Waals surface area contributed by atoms with Crippen LogP contribution in [-0.2, 0) is 0 Å². The van der Waals surface area contributed by atoms with Gasteiger partial charge in [0.15, 0.2) is 5.82 Å². The Hall–Kier alpha value is -3.24. The van der Waals surface area contributed by atoms with Crippen LogP contribution in [0.25, 0.3) is 47.9 Å². The molecular formula is C23H15N3S. The molecule has 0 amide bonds. The summed E-state index contributed by atoms with van der Waals surface area (Å²) in [7, 11) is 0. The molecule has 6 aromatic rings. The Balaban J connectivity index is 1.89. The minimum absolute atomic E-state index is 0.797. The smallest absolute Gasteiger partial charge is 0.150 e. The summed E-state index contributed by atoms with van der Waals surface area (Å²) in [5, 5.41) is 4.84. The third kappa shape index (κ3) is 2.02. The molecule has 0 aliphatic rings. The predicted octanol–water partition coefficient (Wildman–Crippen LogP) is 6.25. The van der Waals surface area contributed by atoms with Crippen molar-refractivity contribution in [3.63, 3.8) is 0 Å². The van der Waals surface area contributed by atoms with E-state index < -0.39 is 0 Å². The van der Waals surface area contributed by atoms with Crippen LogP contribution in [0.2, 0.25) is 0 Å². The summed E-state index contributed by atoms with van der Waals surface area (Å²) in [5.41, 5.74) is 2.35. The van der Waals surface area contributed by atoms with Gasteiger partial charge in [-0.15, -0.1) is 11.3 Å². The molecule has 0 N–H and O–H groups in total. The van der Waals surface area contributed by atoms with Crippen molar-refractivity contribution in [2.45, 2.75) is 6.92 Å². The van der Waals surface area contributed by atoms with E-state index in [9.17, 15) is 0 Å². The van der Waals surface area contributed by atoms with E-state index in [4.69, 9.17) is 9.97 Å². The van der Waals surface area contributed by atoms with Gasteiger partial charge in [0, 0.05) is 20.9 Å². The van der Waals surface area contributed by atoms with Crippen LogP contribution in [0, 0.1) is 6.92 Å². The maximum atomic E-state index is 4.92. The lowest BCUT2D eigenvalue weighted by Gasteiger charge is -2.09. The zero-order valence-electron chi connectivity index (χ0n) is 14.7. The topological polar surface area (TPSA) is 30.7 Å². The molecule has 128 valence electrons. The van der Waals surface area contributed by atoms with Gasteiger partial charge in [0.25, 0.3) is 0 Å². The first-order valence-corrected chi connectivity index (χ1v) is 9.77. The van der Waals surface area contributed by atoms with Crippen LogP contribution >= 0.6 is 11.3 Å². The highest BCUT2D eigenvalue weighted by Gasteiger charge is 2.18. The molecule has 0 fully saturated rings. The summed E-state index contributed by atoms with van der Waals surface area (Å²) in [6.45, 7) is 1.97. The minimum atomic E-state index is 0.797. The van der Waals surface area contributed by atoms with Gasteiger partial charge in [-0.25, -0.2) is 9.97 Å². The van der Waals surface area contributed by atoms with Gasteiger partial charge in [0.05, 0.1) is 16.4 Å². The van der Waals surface area contributed by atoms with Crippen LogP contribution in [0.5, 0.6) is 0 Å². The number of para-hydroxylation sites is 2. The van der Waals surface area contributed by atoms with E-state index in [0.717, 1.165) is 21.9 Å². The molecule has 3 heterocycles.